The molecule has 2 amide bonds. The van der Waals surface area contributed by atoms with Crippen LogP contribution in [0.25, 0.3) is 0 Å². The van der Waals surface area contributed by atoms with Crippen molar-refractivity contribution in [2.75, 3.05) is 5.32 Å². The Morgan fingerprint density at radius 1 is 1.12 bits per heavy atom. The molecule has 4 nitrogen and oxygen atoms in total. The first-order chi connectivity index (χ1) is 12.2. The lowest BCUT2D eigenvalue weighted by Crippen LogP contribution is -2.29. The van der Waals surface area contributed by atoms with E-state index in [0.717, 1.165) is 12.1 Å². The first kappa shape index (κ1) is 19.8. The van der Waals surface area contributed by atoms with Gasteiger partial charge in [-0.2, -0.15) is 13.2 Å². The summed E-state index contributed by atoms with van der Waals surface area (Å²) in [6.45, 7) is 1.32. The van der Waals surface area contributed by atoms with Crippen molar-refractivity contribution < 1.29 is 22.8 Å². The smallest absolute Gasteiger partial charge is 0.349 e. The Bertz CT molecular complexity index is 795. The van der Waals surface area contributed by atoms with Crippen LogP contribution in [0, 0.1) is 0 Å². The number of halogens is 4. The number of carbonyl (C=O) groups is 2. The second kappa shape index (κ2) is 8.23. The van der Waals surface area contributed by atoms with Crippen LogP contribution >= 0.6 is 11.6 Å². The molecule has 0 unspecified atom stereocenters. The van der Waals surface area contributed by atoms with Gasteiger partial charge in [-0.3, -0.25) is 9.59 Å². The van der Waals surface area contributed by atoms with Crippen molar-refractivity contribution in [3.05, 3.63) is 64.7 Å². The Hall–Kier alpha value is -2.54. The highest BCUT2D eigenvalue weighted by atomic mass is 35.5. The fourth-order valence-electron chi connectivity index (χ4n) is 2.40. The Balaban J connectivity index is 2.14. The standard InChI is InChI=1S/C18H16ClF3N2O2/c1-11(25)23-16(12-5-3-2-4-6-12)10-17(26)24-13-7-8-15(19)14(9-13)18(20,21)22/h2-9,16H,10H2,1H3,(H,23,25)(H,24,26)/t16-/m0/s1. The Kier molecular flexibility index (Phi) is 6.26. The van der Waals surface area contributed by atoms with Gasteiger partial charge in [0.15, 0.2) is 0 Å². The van der Waals surface area contributed by atoms with E-state index in [9.17, 15) is 22.8 Å². The summed E-state index contributed by atoms with van der Waals surface area (Å²) in [6, 6.07) is 11.3. The molecule has 2 aromatic rings. The maximum absolute atomic E-state index is 12.9. The van der Waals surface area contributed by atoms with Crippen LogP contribution < -0.4 is 10.6 Å². The molecule has 0 aromatic heterocycles. The molecule has 138 valence electrons. The van der Waals surface area contributed by atoms with Gasteiger partial charge in [0.2, 0.25) is 11.8 Å². The van der Waals surface area contributed by atoms with Gasteiger partial charge in [-0.15, -0.1) is 0 Å². The summed E-state index contributed by atoms with van der Waals surface area (Å²) in [5, 5.41) is 4.61. The molecule has 0 saturated heterocycles. The molecule has 0 heterocycles. The van der Waals surface area contributed by atoms with Crippen LogP contribution in [0.5, 0.6) is 0 Å². The van der Waals surface area contributed by atoms with E-state index in [1.807, 2.05) is 0 Å². The lowest BCUT2D eigenvalue weighted by Gasteiger charge is -2.18. The van der Waals surface area contributed by atoms with Crippen LogP contribution in [0.3, 0.4) is 0 Å². The normalized spacial score (nSPS) is 12.3. The SMILES string of the molecule is CC(=O)N[C@@H](CC(=O)Nc1ccc(Cl)c(C(F)(F)F)c1)c1ccccc1. The van der Waals surface area contributed by atoms with Crippen LogP contribution in [0.2, 0.25) is 5.02 Å². The second-order valence-electron chi connectivity index (χ2n) is 5.61. The molecule has 0 spiro atoms. The van der Waals surface area contributed by atoms with E-state index in [0.29, 0.717) is 5.56 Å². The highest BCUT2D eigenvalue weighted by molar-refractivity contribution is 6.31. The van der Waals surface area contributed by atoms with Crippen molar-refractivity contribution >= 4 is 29.1 Å². The van der Waals surface area contributed by atoms with Gasteiger partial charge < -0.3 is 10.6 Å². The predicted octanol–water partition coefficient (Wildman–Crippen LogP) is 4.56. The molecule has 0 fully saturated rings. The first-order valence-electron chi connectivity index (χ1n) is 7.65. The van der Waals surface area contributed by atoms with Crippen molar-refractivity contribution in [2.24, 2.45) is 0 Å². The van der Waals surface area contributed by atoms with Crippen LogP contribution in [0.15, 0.2) is 48.5 Å². The molecule has 1 atom stereocenters. The number of alkyl halides is 3. The van der Waals surface area contributed by atoms with Gasteiger partial charge in [-0.25, -0.2) is 0 Å². The molecule has 0 saturated carbocycles. The molecule has 2 N–H and O–H groups in total. The number of hydrogen-bond donors (Lipinski definition) is 2. The third kappa shape index (κ3) is 5.49. The lowest BCUT2D eigenvalue weighted by molar-refractivity contribution is -0.137. The van der Waals surface area contributed by atoms with Crippen molar-refractivity contribution in [3.63, 3.8) is 0 Å². The lowest BCUT2D eigenvalue weighted by atomic mass is 10.0. The molecular formula is C18H16ClF3N2O2. The summed E-state index contributed by atoms with van der Waals surface area (Å²) < 4.78 is 38.7. The summed E-state index contributed by atoms with van der Waals surface area (Å²) in [5.41, 5.74) is -0.343. The molecular weight excluding hydrogens is 369 g/mol. The Morgan fingerprint density at radius 2 is 1.77 bits per heavy atom. The van der Waals surface area contributed by atoms with Crippen LogP contribution in [0.1, 0.15) is 30.5 Å². The van der Waals surface area contributed by atoms with E-state index in [2.05, 4.69) is 10.6 Å². The highest BCUT2D eigenvalue weighted by Gasteiger charge is 2.33. The quantitative estimate of drug-likeness (QED) is 0.793. The van der Waals surface area contributed by atoms with Gasteiger partial charge in [-0.1, -0.05) is 41.9 Å². The molecule has 0 aliphatic carbocycles. The first-order valence-corrected chi connectivity index (χ1v) is 8.03. The number of rotatable bonds is 5. The third-order valence-corrected chi connectivity index (χ3v) is 3.85. The van der Waals surface area contributed by atoms with E-state index >= 15 is 0 Å². The fourth-order valence-corrected chi connectivity index (χ4v) is 2.63. The van der Waals surface area contributed by atoms with Gasteiger partial charge in [-0.05, 0) is 23.8 Å². The van der Waals surface area contributed by atoms with Crippen LogP contribution in [-0.4, -0.2) is 11.8 Å². The topological polar surface area (TPSA) is 58.2 Å². The summed E-state index contributed by atoms with van der Waals surface area (Å²) in [5.74, 6) is -0.861. The van der Waals surface area contributed by atoms with Crippen LogP contribution in [-0.2, 0) is 15.8 Å². The zero-order chi connectivity index (χ0) is 19.3. The van der Waals surface area contributed by atoms with Crippen molar-refractivity contribution in [1.82, 2.24) is 5.32 Å². The van der Waals surface area contributed by atoms with Gasteiger partial charge >= 0.3 is 6.18 Å². The average molecular weight is 385 g/mol. The second-order valence-corrected chi connectivity index (χ2v) is 6.02. The molecule has 0 radical (unpaired) electrons. The number of hydrogen-bond acceptors (Lipinski definition) is 2. The van der Waals surface area contributed by atoms with Crippen molar-refractivity contribution in [1.29, 1.82) is 0 Å². The number of carbonyl (C=O) groups excluding carboxylic acids is 2. The van der Waals surface area contributed by atoms with Gasteiger partial charge in [0.25, 0.3) is 0 Å². The van der Waals surface area contributed by atoms with Crippen LogP contribution in [0.4, 0.5) is 18.9 Å². The number of benzene rings is 2. The minimum atomic E-state index is -4.62. The Labute approximate surface area is 153 Å². The minimum Gasteiger partial charge on any atom is -0.349 e. The third-order valence-electron chi connectivity index (χ3n) is 3.52. The monoisotopic (exact) mass is 384 g/mol. The predicted molar refractivity (Wildman–Crippen MR) is 92.7 cm³/mol. The number of anilines is 1. The summed E-state index contributed by atoms with van der Waals surface area (Å²) in [4.78, 5) is 23.6. The maximum atomic E-state index is 12.9. The molecule has 8 heteroatoms. The van der Waals surface area contributed by atoms with Crippen molar-refractivity contribution in [2.45, 2.75) is 25.6 Å². The molecule has 0 aliphatic rings. The summed E-state index contributed by atoms with van der Waals surface area (Å²) in [7, 11) is 0. The highest BCUT2D eigenvalue weighted by Crippen LogP contribution is 2.36. The maximum Gasteiger partial charge on any atom is 0.417 e. The largest absolute Gasteiger partial charge is 0.417 e. The van der Waals surface area contributed by atoms with E-state index in [1.54, 1.807) is 30.3 Å². The van der Waals surface area contributed by atoms with E-state index in [1.165, 1.54) is 13.0 Å². The van der Waals surface area contributed by atoms with Crippen molar-refractivity contribution in [3.8, 4) is 0 Å². The van der Waals surface area contributed by atoms with E-state index in [4.69, 9.17) is 11.6 Å². The van der Waals surface area contributed by atoms with Gasteiger partial charge in [0, 0.05) is 12.6 Å². The number of nitrogens with one attached hydrogen (secondary N) is 2. The fraction of sp³-hybridized carbons (Fsp3) is 0.222. The molecule has 0 bridgehead atoms. The van der Waals surface area contributed by atoms with Gasteiger partial charge in [0.05, 0.1) is 23.0 Å². The van der Waals surface area contributed by atoms with Gasteiger partial charge in [0.1, 0.15) is 0 Å². The zero-order valence-electron chi connectivity index (χ0n) is 13.7. The number of amides is 2. The van der Waals surface area contributed by atoms with E-state index in [-0.39, 0.29) is 18.0 Å². The summed E-state index contributed by atoms with van der Waals surface area (Å²) >= 11 is 5.56. The molecule has 2 aromatic carbocycles. The average Bonchev–Trinajstić information content (AvgIpc) is 2.55. The minimum absolute atomic E-state index is 0.0265. The molecule has 2 rings (SSSR count). The van der Waals surface area contributed by atoms with E-state index < -0.39 is 28.7 Å². The molecule has 0 aliphatic heterocycles. The zero-order valence-corrected chi connectivity index (χ0v) is 14.5. The Morgan fingerprint density at radius 3 is 2.35 bits per heavy atom. The molecule has 26 heavy (non-hydrogen) atoms. The summed E-state index contributed by atoms with van der Waals surface area (Å²) in [6.07, 6.45) is -4.76.